The van der Waals surface area contributed by atoms with Crippen LogP contribution in [0.25, 0.3) is 0 Å². The minimum atomic E-state index is 0.420. The summed E-state index contributed by atoms with van der Waals surface area (Å²) in [6.07, 6.45) is 5.57. The molecular weight excluding hydrogens is 276 g/mol. The standard InChI is InChI=1S/C18H26N2S/c1-13(2)20(12-14-6-4-3-5-7-14)18(21)19-17-11-15-8-9-16(17)10-15/h3-7,13,15-17H,8-12H2,1-2H3,(H,19,21)/t15-,16-,17+/m1/s1. The van der Waals surface area contributed by atoms with Gasteiger partial charge in [0, 0.05) is 18.6 Å². The van der Waals surface area contributed by atoms with E-state index in [0.717, 1.165) is 23.5 Å². The lowest BCUT2D eigenvalue weighted by Gasteiger charge is -2.33. The Morgan fingerprint density at radius 3 is 2.57 bits per heavy atom. The van der Waals surface area contributed by atoms with Gasteiger partial charge in [-0.15, -0.1) is 0 Å². The molecule has 0 radical (unpaired) electrons. The smallest absolute Gasteiger partial charge is 0.169 e. The van der Waals surface area contributed by atoms with Crippen molar-refractivity contribution in [2.45, 2.75) is 58.2 Å². The van der Waals surface area contributed by atoms with Crippen LogP contribution in [0.3, 0.4) is 0 Å². The highest BCUT2D eigenvalue weighted by Gasteiger charge is 2.40. The maximum absolute atomic E-state index is 5.72. The second kappa shape index (κ2) is 6.35. The zero-order valence-corrected chi connectivity index (χ0v) is 13.9. The summed E-state index contributed by atoms with van der Waals surface area (Å²) in [7, 11) is 0. The van der Waals surface area contributed by atoms with Crippen LogP contribution in [0.2, 0.25) is 0 Å². The first-order valence-corrected chi connectivity index (χ1v) is 8.65. The minimum Gasteiger partial charge on any atom is -0.360 e. The van der Waals surface area contributed by atoms with Crippen LogP contribution in [-0.4, -0.2) is 22.1 Å². The van der Waals surface area contributed by atoms with Gasteiger partial charge in [0.15, 0.2) is 5.11 Å². The first-order chi connectivity index (χ1) is 10.1. The summed E-state index contributed by atoms with van der Waals surface area (Å²) in [6.45, 7) is 5.33. The average Bonchev–Trinajstić information content (AvgIpc) is 3.08. The van der Waals surface area contributed by atoms with Crippen LogP contribution in [0.4, 0.5) is 0 Å². The van der Waals surface area contributed by atoms with Crippen LogP contribution in [0.1, 0.15) is 45.1 Å². The summed E-state index contributed by atoms with van der Waals surface area (Å²) in [5.41, 5.74) is 1.32. The van der Waals surface area contributed by atoms with Crippen molar-refractivity contribution in [3.63, 3.8) is 0 Å². The monoisotopic (exact) mass is 302 g/mol. The molecule has 2 nitrogen and oxygen atoms in total. The third-order valence-electron chi connectivity index (χ3n) is 5.13. The Morgan fingerprint density at radius 2 is 2.00 bits per heavy atom. The highest BCUT2D eigenvalue weighted by atomic mass is 32.1. The Balaban J connectivity index is 1.62. The summed E-state index contributed by atoms with van der Waals surface area (Å²) in [6, 6.07) is 11.7. The van der Waals surface area contributed by atoms with Crippen LogP contribution >= 0.6 is 12.2 Å². The van der Waals surface area contributed by atoms with E-state index in [9.17, 15) is 0 Å². The summed E-state index contributed by atoms with van der Waals surface area (Å²) >= 11 is 5.72. The Kier molecular flexibility index (Phi) is 4.48. The number of fused-ring (bicyclic) bond motifs is 2. The molecule has 2 aliphatic rings. The largest absolute Gasteiger partial charge is 0.360 e. The Bertz CT molecular complexity index is 485. The van der Waals surface area contributed by atoms with Crippen molar-refractivity contribution in [3.05, 3.63) is 35.9 Å². The molecule has 0 aliphatic heterocycles. The molecule has 2 saturated carbocycles. The van der Waals surface area contributed by atoms with E-state index in [-0.39, 0.29) is 0 Å². The third-order valence-corrected chi connectivity index (χ3v) is 5.48. The van der Waals surface area contributed by atoms with Gasteiger partial charge < -0.3 is 10.2 Å². The summed E-state index contributed by atoms with van der Waals surface area (Å²) in [5.74, 6) is 1.82. The van der Waals surface area contributed by atoms with Crippen LogP contribution in [0.5, 0.6) is 0 Å². The van der Waals surface area contributed by atoms with Crippen molar-refractivity contribution in [1.82, 2.24) is 10.2 Å². The number of rotatable bonds is 4. The van der Waals surface area contributed by atoms with Crippen LogP contribution in [0, 0.1) is 11.8 Å². The molecule has 0 aromatic heterocycles. The molecule has 3 heteroatoms. The predicted molar refractivity (Wildman–Crippen MR) is 92.1 cm³/mol. The maximum atomic E-state index is 5.72. The highest BCUT2D eigenvalue weighted by molar-refractivity contribution is 7.80. The van der Waals surface area contributed by atoms with Gasteiger partial charge in [-0.1, -0.05) is 36.8 Å². The molecule has 0 heterocycles. The first-order valence-electron chi connectivity index (χ1n) is 8.24. The molecule has 0 amide bonds. The number of nitrogens with zero attached hydrogens (tertiary/aromatic N) is 1. The molecule has 1 N–H and O–H groups in total. The van der Waals surface area contributed by atoms with E-state index >= 15 is 0 Å². The van der Waals surface area contributed by atoms with E-state index in [2.05, 4.69) is 54.4 Å². The van der Waals surface area contributed by atoms with E-state index in [0.29, 0.717) is 12.1 Å². The van der Waals surface area contributed by atoms with E-state index < -0.39 is 0 Å². The summed E-state index contributed by atoms with van der Waals surface area (Å²) < 4.78 is 0. The van der Waals surface area contributed by atoms with Gasteiger partial charge in [0.2, 0.25) is 0 Å². The lowest BCUT2D eigenvalue weighted by Crippen LogP contribution is -2.48. The van der Waals surface area contributed by atoms with Crippen molar-refractivity contribution < 1.29 is 0 Å². The topological polar surface area (TPSA) is 15.3 Å². The second-order valence-electron chi connectivity index (χ2n) is 6.94. The maximum Gasteiger partial charge on any atom is 0.169 e. The van der Waals surface area contributed by atoms with Crippen LogP contribution in [0.15, 0.2) is 30.3 Å². The highest BCUT2D eigenvalue weighted by Crippen LogP contribution is 2.44. The molecule has 2 bridgehead atoms. The van der Waals surface area contributed by atoms with Crippen molar-refractivity contribution in [2.75, 3.05) is 0 Å². The number of thiocarbonyl (C=S) groups is 1. The fraction of sp³-hybridized carbons (Fsp3) is 0.611. The van der Waals surface area contributed by atoms with Crippen molar-refractivity contribution in [1.29, 1.82) is 0 Å². The van der Waals surface area contributed by atoms with E-state index in [1.165, 1.54) is 31.2 Å². The molecular formula is C18H26N2S. The number of benzene rings is 1. The quantitative estimate of drug-likeness (QED) is 0.848. The molecule has 0 unspecified atom stereocenters. The molecule has 0 spiro atoms. The van der Waals surface area contributed by atoms with Crippen molar-refractivity contribution in [3.8, 4) is 0 Å². The van der Waals surface area contributed by atoms with Crippen LogP contribution < -0.4 is 5.32 Å². The number of hydrogen-bond acceptors (Lipinski definition) is 1. The second-order valence-corrected chi connectivity index (χ2v) is 7.32. The van der Waals surface area contributed by atoms with Crippen molar-refractivity contribution >= 4 is 17.3 Å². The number of nitrogens with one attached hydrogen (secondary N) is 1. The van der Waals surface area contributed by atoms with Gasteiger partial charge in [-0.25, -0.2) is 0 Å². The normalized spacial score (nSPS) is 27.1. The lowest BCUT2D eigenvalue weighted by molar-refractivity contribution is 0.316. The molecule has 3 atom stereocenters. The van der Waals surface area contributed by atoms with Gasteiger partial charge >= 0.3 is 0 Å². The van der Waals surface area contributed by atoms with Crippen LogP contribution in [-0.2, 0) is 6.54 Å². The molecule has 3 rings (SSSR count). The van der Waals surface area contributed by atoms with Gasteiger partial charge in [0.1, 0.15) is 0 Å². The van der Waals surface area contributed by atoms with Gasteiger partial charge in [-0.3, -0.25) is 0 Å². The zero-order chi connectivity index (χ0) is 14.8. The fourth-order valence-corrected chi connectivity index (χ4v) is 4.36. The molecule has 2 fully saturated rings. The zero-order valence-electron chi connectivity index (χ0n) is 13.1. The van der Waals surface area contributed by atoms with Crippen molar-refractivity contribution in [2.24, 2.45) is 11.8 Å². The van der Waals surface area contributed by atoms with Gasteiger partial charge in [0.05, 0.1) is 0 Å². The molecule has 2 aliphatic carbocycles. The minimum absolute atomic E-state index is 0.420. The summed E-state index contributed by atoms with van der Waals surface area (Å²) in [4.78, 5) is 2.32. The lowest BCUT2D eigenvalue weighted by atomic mass is 9.95. The average molecular weight is 302 g/mol. The molecule has 114 valence electrons. The Labute approximate surface area is 133 Å². The number of hydrogen-bond donors (Lipinski definition) is 1. The third kappa shape index (κ3) is 3.39. The predicted octanol–water partition coefficient (Wildman–Crippen LogP) is 3.96. The first kappa shape index (κ1) is 14.8. The summed E-state index contributed by atoms with van der Waals surface area (Å²) in [5, 5.41) is 4.61. The molecule has 1 aromatic rings. The van der Waals surface area contributed by atoms with Gasteiger partial charge in [-0.2, -0.15) is 0 Å². The molecule has 0 saturated heterocycles. The molecule has 1 aromatic carbocycles. The fourth-order valence-electron chi connectivity index (χ4n) is 3.93. The SMILES string of the molecule is CC(C)N(Cc1ccccc1)C(=S)N[C@H]1C[C@@H]2CC[C@@H]1C2. The van der Waals surface area contributed by atoms with Gasteiger partial charge in [0.25, 0.3) is 0 Å². The van der Waals surface area contributed by atoms with E-state index in [1.807, 2.05) is 0 Å². The van der Waals surface area contributed by atoms with E-state index in [1.54, 1.807) is 0 Å². The van der Waals surface area contributed by atoms with E-state index in [4.69, 9.17) is 12.2 Å². The Hall–Kier alpha value is -1.09. The molecule has 21 heavy (non-hydrogen) atoms. The Morgan fingerprint density at radius 1 is 1.24 bits per heavy atom. The van der Waals surface area contributed by atoms with Gasteiger partial charge in [-0.05, 0) is 62.7 Å².